The first-order valence-electron chi connectivity index (χ1n) is 32.3. The number of phosphoric ester groups is 2. The summed E-state index contributed by atoms with van der Waals surface area (Å²) in [6.07, 6.45) is 40.5. The van der Waals surface area contributed by atoms with Gasteiger partial charge in [0.1, 0.15) is 19.3 Å². The van der Waals surface area contributed by atoms with E-state index < -0.39 is 97.5 Å². The fourth-order valence-electron chi connectivity index (χ4n) is 9.10. The molecule has 0 heterocycles. The minimum atomic E-state index is -4.94. The van der Waals surface area contributed by atoms with E-state index in [1.54, 1.807) is 0 Å². The lowest BCUT2D eigenvalue weighted by atomic mass is 10.0. The Morgan fingerprint density at radius 1 is 0.300 bits per heavy atom. The van der Waals surface area contributed by atoms with Gasteiger partial charge in [0.25, 0.3) is 0 Å². The predicted molar refractivity (Wildman–Crippen MR) is 317 cm³/mol. The molecule has 0 aliphatic carbocycles. The standard InChI is InChI=1S/C61H118O17P2/c1-5-9-13-17-20-23-26-27-30-33-36-40-44-48-61(66)78-57(52-72-59(64)46-42-38-34-31-28-24-21-18-14-10-6-2)54-76-80(69,70)74-50-55(62)49-73-79(67,68)75-53-56(51-71-58(63)45-41-37-16-12-8-4)77-60(65)47-43-39-35-32-29-25-22-19-15-11-7-3/h55-57,62H,5-54H2,1-4H3,(H,67,68)(H,69,70)/t55-,56+,57+/m0/s1. The van der Waals surface area contributed by atoms with E-state index in [4.69, 9.17) is 37.0 Å². The Hall–Kier alpha value is -1.94. The summed E-state index contributed by atoms with van der Waals surface area (Å²) in [7, 11) is -9.87. The van der Waals surface area contributed by atoms with Crippen LogP contribution in [0.1, 0.15) is 310 Å². The molecule has 0 aromatic rings. The second kappa shape index (κ2) is 56.2. The van der Waals surface area contributed by atoms with Gasteiger partial charge in [-0.15, -0.1) is 0 Å². The molecule has 0 saturated heterocycles. The van der Waals surface area contributed by atoms with Gasteiger partial charge in [-0.3, -0.25) is 37.3 Å². The Bertz CT molecular complexity index is 1550. The van der Waals surface area contributed by atoms with Gasteiger partial charge >= 0.3 is 39.5 Å². The highest BCUT2D eigenvalue weighted by Gasteiger charge is 2.30. The second-order valence-electron chi connectivity index (χ2n) is 22.1. The van der Waals surface area contributed by atoms with Gasteiger partial charge in [-0.1, -0.05) is 259 Å². The summed E-state index contributed by atoms with van der Waals surface area (Å²) in [6.45, 7) is 4.79. The van der Waals surface area contributed by atoms with Crippen LogP contribution in [0.2, 0.25) is 0 Å². The van der Waals surface area contributed by atoms with Crippen LogP contribution in [0.5, 0.6) is 0 Å². The maximum Gasteiger partial charge on any atom is 0.472 e. The Morgan fingerprint density at radius 2 is 0.500 bits per heavy atom. The molecule has 5 atom stereocenters. The molecule has 0 amide bonds. The van der Waals surface area contributed by atoms with Gasteiger partial charge in [0.05, 0.1) is 26.4 Å². The summed E-state index contributed by atoms with van der Waals surface area (Å²) in [5.41, 5.74) is 0. The lowest BCUT2D eigenvalue weighted by molar-refractivity contribution is -0.161. The normalized spacial score (nSPS) is 14.2. The first kappa shape index (κ1) is 78.1. The Kier molecular flexibility index (Phi) is 54.8. The van der Waals surface area contributed by atoms with Crippen molar-refractivity contribution in [2.45, 2.75) is 329 Å². The summed E-state index contributed by atoms with van der Waals surface area (Å²) >= 11 is 0. The number of carbonyl (C=O) groups excluding carboxylic acids is 4. The first-order valence-corrected chi connectivity index (χ1v) is 35.3. The van der Waals surface area contributed by atoms with Crippen LogP contribution in [0.3, 0.4) is 0 Å². The molecule has 17 nitrogen and oxygen atoms in total. The topological polar surface area (TPSA) is 237 Å². The third-order valence-electron chi connectivity index (χ3n) is 14.1. The quantitative estimate of drug-likeness (QED) is 0.0222. The molecule has 0 fully saturated rings. The third-order valence-corrected chi connectivity index (χ3v) is 16.0. The molecule has 19 heteroatoms. The lowest BCUT2D eigenvalue weighted by Crippen LogP contribution is -2.30. The van der Waals surface area contributed by atoms with Crippen molar-refractivity contribution < 1.29 is 80.2 Å². The van der Waals surface area contributed by atoms with E-state index >= 15 is 0 Å². The Balaban J connectivity index is 5.17. The van der Waals surface area contributed by atoms with E-state index in [1.807, 2.05) is 0 Å². The zero-order chi connectivity index (χ0) is 59.1. The Labute approximate surface area is 486 Å². The molecule has 0 aromatic carbocycles. The lowest BCUT2D eigenvalue weighted by Gasteiger charge is -2.21. The highest BCUT2D eigenvalue weighted by atomic mass is 31.2. The monoisotopic (exact) mass is 1180 g/mol. The van der Waals surface area contributed by atoms with Crippen molar-refractivity contribution >= 4 is 39.5 Å². The molecule has 2 unspecified atom stereocenters. The van der Waals surface area contributed by atoms with Gasteiger partial charge < -0.3 is 33.8 Å². The van der Waals surface area contributed by atoms with E-state index in [2.05, 4.69) is 27.7 Å². The number of hydrogen-bond acceptors (Lipinski definition) is 15. The summed E-state index contributed by atoms with van der Waals surface area (Å²) in [5, 5.41) is 10.5. The Morgan fingerprint density at radius 3 is 0.738 bits per heavy atom. The van der Waals surface area contributed by atoms with Crippen LogP contribution in [0, 0.1) is 0 Å². The molecule has 0 aromatic heterocycles. The average molecular weight is 1190 g/mol. The molecule has 474 valence electrons. The zero-order valence-corrected chi connectivity index (χ0v) is 52.8. The summed E-state index contributed by atoms with van der Waals surface area (Å²) < 4.78 is 67.7. The minimum Gasteiger partial charge on any atom is -0.462 e. The molecule has 0 aliphatic heterocycles. The van der Waals surface area contributed by atoms with Crippen molar-refractivity contribution in [1.29, 1.82) is 0 Å². The van der Waals surface area contributed by atoms with E-state index in [0.29, 0.717) is 25.7 Å². The van der Waals surface area contributed by atoms with Crippen molar-refractivity contribution in [2.24, 2.45) is 0 Å². The van der Waals surface area contributed by atoms with Gasteiger partial charge in [-0.2, -0.15) is 0 Å². The fourth-order valence-corrected chi connectivity index (χ4v) is 10.7. The van der Waals surface area contributed by atoms with E-state index in [-0.39, 0.29) is 25.7 Å². The molecule has 0 rings (SSSR count). The van der Waals surface area contributed by atoms with E-state index in [1.165, 1.54) is 135 Å². The second-order valence-corrected chi connectivity index (χ2v) is 25.0. The van der Waals surface area contributed by atoms with Crippen LogP contribution < -0.4 is 0 Å². The van der Waals surface area contributed by atoms with Crippen LogP contribution in [-0.4, -0.2) is 96.7 Å². The molecule has 80 heavy (non-hydrogen) atoms. The average Bonchev–Trinajstić information content (AvgIpc) is 3.43. The van der Waals surface area contributed by atoms with Crippen molar-refractivity contribution in [1.82, 2.24) is 0 Å². The number of aliphatic hydroxyl groups is 1. The van der Waals surface area contributed by atoms with Crippen LogP contribution in [0.25, 0.3) is 0 Å². The van der Waals surface area contributed by atoms with E-state index in [9.17, 15) is 43.2 Å². The van der Waals surface area contributed by atoms with Crippen molar-refractivity contribution in [3.05, 3.63) is 0 Å². The van der Waals surface area contributed by atoms with Crippen molar-refractivity contribution in [3.8, 4) is 0 Å². The van der Waals surface area contributed by atoms with Gasteiger partial charge in [0.2, 0.25) is 0 Å². The van der Waals surface area contributed by atoms with Crippen LogP contribution in [-0.2, 0) is 65.4 Å². The predicted octanol–water partition coefficient (Wildman–Crippen LogP) is 16.8. The number of aliphatic hydroxyl groups excluding tert-OH is 1. The number of carbonyl (C=O) groups is 4. The molecule has 0 saturated carbocycles. The SMILES string of the molecule is CCCCCCCCCCCCCCCC(=O)O[C@H](COC(=O)CCCCCCCCCCCCC)COP(=O)(O)OC[C@@H](O)COP(=O)(O)OC[C@@H](COC(=O)CCCCCCC)OC(=O)CCCCCCCCCCCCC. The molecule has 0 radical (unpaired) electrons. The number of ether oxygens (including phenoxy) is 4. The molecular formula is C61H118O17P2. The van der Waals surface area contributed by atoms with Crippen LogP contribution in [0.15, 0.2) is 0 Å². The highest BCUT2D eigenvalue weighted by Crippen LogP contribution is 2.45. The smallest absolute Gasteiger partial charge is 0.462 e. The van der Waals surface area contributed by atoms with Gasteiger partial charge in [0.15, 0.2) is 12.2 Å². The summed E-state index contributed by atoms with van der Waals surface area (Å²) in [4.78, 5) is 71.8. The molecule has 3 N–H and O–H groups in total. The van der Waals surface area contributed by atoms with Crippen molar-refractivity contribution in [3.63, 3.8) is 0 Å². The number of esters is 4. The summed E-state index contributed by atoms with van der Waals surface area (Å²) in [6, 6.07) is 0. The number of rotatable bonds is 62. The van der Waals surface area contributed by atoms with Crippen LogP contribution >= 0.6 is 15.6 Å². The minimum absolute atomic E-state index is 0.106. The third kappa shape index (κ3) is 55.3. The van der Waals surface area contributed by atoms with Crippen LogP contribution in [0.4, 0.5) is 0 Å². The largest absolute Gasteiger partial charge is 0.472 e. The molecule has 0 aliphatic rings. The van der Waals surface area contributed by atoms with Crippen molar-refractivity contribution in [2.75, 3.05) is 39.6 Å². The van der Waals surface area contributed by atoms with Gasteiger partial charge in [-0.25, -0.2) is 9.13 Å². The number of hydrogen-bond donors (Lipinski definition) is 3. The maximum atomic E-state index is 12.9. The number of unbranched alkanes of at least 4 members (excludes halogenated alkanes) is 36. The molecule has 0 spiro atoms. The number of phosphoric acid groups is 2. The first-order chi connectivity index (χ1) is 38.7. The van der Waals surface area contributed by atoms with E-state index in [0.717, 1.165) is 96.3 Å². The van der Waals surface area contributed by atoms with Gasteiger partial charge in [0, 0.05) is 25.7 Å². The molecular weight excluding hydrogens is 1070 g/mol. The maximum absolute atomic E-state index is 12.9. The highest BCUT2D eigenvalue weighted by molar-refractivity contribution is 7.47. The molecule has 0 bridgehead atoms. The zero-order valence-electron chi connectivity index (χ0n) is 51.0. The summed E-state index contributed by atoms with van der Waals surface area (Å²) in [5.74, 6) is -2.14. The van der Waals surface area contributed by atoms with Gasteiger partial charge in [-0.05, 0) is 25.7 Å². The fraction of sp³-hybridized carbons (Fsp3) is 0.934.